The van der Waals surface area contributed by atoms with Crippen LogP contribution in [0.5, 0.6) is 11.5 Å². The second-order valence-electron chi connectivity index (χ2n) is 8.74. The van der Waals surface area contributed by atoms with Crippen molar-refractivity contribution in [1.82, 2.24) is 4.90 Å². The smallest absolute Gasteiger partial charge is 0.416 e. The number of amides is 1. The average molecular weight is 648 g/mol. The monoisotopic (exact) mass is 647 g/mol. The highest BCUT2D eigenvalue weighted by molar-refractivity contribution is 8.26. The van der Waals surface area contributed by atoms with Gasteiger partial charge in [-0.25, -0.2) is 4.79 Å². The highest BCUT2D eigenvalue weighted by atomic mass is 32.2. The van der Waals surface area contributed by atoms with Crippen molar-refractivity contribution in [3.63, 3.8) is 0 Å². The number of carboxylic acids is 1. The molecule has 42 heavy (non-hydrogen) atoms. The summed E-state index contributed by atoms with van der Waals surface area (Å²) in [5.41, 5.74) is -2.92. The molecule has 4 rings (SSSR count). The van der Waals surface area contributed by atoms with E-state index in [9.17, 15) is 35.9 Å². The fraction of sp³-hybridized carbons (Fsp3) is 0.222. The minimum atomic E-state index is -4.97. The van der Waals surface area contributed by atoms with Crippen LogP contribution < -0.4 is 9.47 Å². The Morgan fingerprint density at radius 1 is 1.00 bits per heavy atom. The molecule has 1 aliphatic rings. The Morgan fingerprint density at radius 2 is 1.67 bits per heavy atom. The number of thiophene rings is 1. The van der Waals surface area contributed by atoms with Crippen LogP contribution in [0.25, 0.3) is 17.2 Å². The second-order valence-corrected chi connectivity index (χ2v) is 11.4. The van der Waals surface area contributed by atoms with Crippen molar-refractivity contribution in [3.8, 4) is 22.6 Å². The number of methoxy groups -OCH3 is 1. The lowest BCUT2D eigenvalue weighted by Crippen LogP contribution is -2.29. The van der Waals surface area contributed by atoms with Gasteiger partial charge in [0.05, 0.1) is 35.3 Å². The van der Waals surface area contributed by atoms with Crippen LogP contribution in [0.1, 0.15) is 32.8 Å². The molecule has 1 amide bonds. The number of benzene rings is 2. The number of carbonyl (C=O) groups excluding carboxylic acids is 1. The first-order valence-corrected chi connectivity index (χ1v) is 14.0. The number of thiocarbonyl (C=S) groups is 1. The van der Waals surface area contributed by atoms with Gasteiger partial charge in [0, 0.05) is 11.4 Å². The van der Waals surface area contributed by atoms with Gasteiger partial charge in [0.2, 0.25) is 0 Å². The van der Waals surface area contributed by atoms with Gasteiger partial charge in [-0.3, -0.25) is 9.69 Å². The fourth-order valence-electron chi connectivity index (χ4n) is 3.85. The molecule has 0 saturated carbocycles. The molecule has 222 valence electrons. The third-order valence-electron chi connectivity index (χ3n) is 5.88. The summed E-state index contributed by atoms with van der Waals surface area (Å²) in [6.07, 6.45) is -8.09. The molecule has 6 nitrogen and oxygen atoms in total. The molecule has 1 saturated heterocycles. The maximum Gasteiger partial charge on any atom is 0.416 e. The number of hydrogen-bond acceptors (Lipinski definition) is 7. The van der Waals surface area contributed by atoms with Crippen molar-refractivity contribution in [2.75, 3.05) is 20.3 Å². The molecule has 0 aliphatic carbocycles. The maximum atomic E-state index is 13.3. The van der Waals surface area contributed by atoms with E-state index in [-0.39, 0.29) is 50.9 Å². The number of thioether (sulfide) groups is 1. The van der Waals surface area contributed by atoms with Crippen LogP contribution in [-0.4, -0.2) is 46.5 Å². The third kappa shape index (κ3) is 7.25. The summed E-state index contributed by atoms with van der Waals surface area (Å²) < 4.78 is 90.6. The molecule has 0 spiro atoms. The summed E-state index contributed by atoms with van der Waals surface area (Å²) in [5.74, 6) is -0.961. The first-order valence-electron chi connectivity index (χ1n) is 11.9. The van der Waals surface area contributed by atoms with E-state index in [4.69, 9.17) is 26.8 Å². The molecule has 1 aliphatic heterocycles. The van der Waals surface area contributed by atoms with Gasteiger partial charge in [-0.05, 0) is 71.5 Å². The van der Waals surface area contributed by atoms with Crippen molar-refractivity contribution in [2.24, 2.45) is 0 Å². The molecule has 0 unspecified atom stereocenters. The topological polar surface area (TPSA) is 76.1 Å². The molecule has 3 aromatic rings. The quantitative estimate of drug-likeness (QED) is 0.110. The molecule has 0 atom stereocenters. The van der Waals surface area contributed by atoms with Crippen molar-refractivity contribution >= 4 is 57.6 Å². The minimum Gasteiger partial charge on any atom is -0.493 e. The van der Waals surface area contributed by atoms with Gasteiger partial charge in [-0.1, -0.05) is 24.0 Å². The zero-order valence-electron chi connectivity index (χ0n) is 21.3. The number of carboxylic acid groups (broad SMARTS) is 1. The van der Waals surface area contributed by atoms with Crippen molar-refractivity contribution < 1.29 is 50.5 Å². The Hall–Kier alpha value is -3.56. The Labute approximate surface area is 248 Å². The van der Waals surface area contributed by atoms with Gasteiger partial charge in [0.25, 0.3) is 5.91 Å². The molecule has 0 bridgehead atoms. The number of rotatable bonds is 9. The van der Waals surface area contributed by atoms with Crippen LogP contribution in [0, 0.1) is 0 Å². The van der Waals surface area contributed by atoms with Gasteiger partial charge in [-0.2, -0.15) is 26.3 Å². The number of carbonyl (C=O) groups is 2. The summed E-state index contributed by atoms with van der Waals surface area (Å²) in [5, 5.41) is 10.5. The standard InChI is InChI=1S/C27H19F6NO5S3/c1-38-21-10-14(24(36)37)3-4-20(21)39-6-2-5-34-23(35)22(42-25(34)40)12-19-9-16(13-41-19)15-7-17(26(28,29)30)11-18(8-15)27(31,32)33/h3-4,7-13H,2,5-6H2,1H3,(H,36,37)/b22-12-. The van der Waals surface area contributed by atoms with E-state index in [1.165, 1.54) is 47.7 Å². The number of aromatic carboxylic acids is 1. The van der Waals surface area contributed by atoms with E-state index in [1.807, 2.05) is 0 Å². The Bertz CT molecular complexity index is 1530. The van der Waals surface area contributed by atoms with E-state index < -0.39 is 35.4 Å². The number of nitrogens with zero attached hydrogens (tertiary/aromatic N) is 1. The lowest BCUT2D eigenvalue weighted by atomic mass is 10.0. The second kappa shape index (κ2) is 12.4. The molecule has 1 aromatic heterocycles. The van der Waals surface area contributed by atoms with Crippen LogP contribution in [0.2, 0.25) is 0 Å². The minimum absolute atomic E-state index is 0.0299. The summed E-state index contributed by atoms with van der Waals surface area (Å²) in [6, 6.07) is 6.93. The average Bonchev–Trinajstić information content (AvgIpc) is 3.49. The van der Waals surface area contributed by atoms with Gasteiger partial charge in [-0.15, -0.1) is 11.3 Å². The van der Waals surface area contributed by atoms with E-state index >= 15 is 0 Å². The Balaban J connectivity index is 1.43. The third-order valence-corrected chi connectivity index (χ3v) is 8.14. The maximum absolute atomic E-state index is 13.3. The first kappa shape index (κ1) is 31.4. The fourth-order valence-corrected chi connectivity index (χ4v) is 6.07. The molecular formula is C27H19F6NO5S3. The molecule has 15 heteroatoms. The Kier molecular flexibility index (Phi) is 9.23. The number of alkyl halides is 6. The molecule has 2 heterocycles. The van der Waals surface area contributed by atoms with E-state index in [0.717, 1.165) is 23.1 Å². The van der Waals surface area contributed by atoms with Gasteiger partial charge in [0.1, 0.15) is 4.32 Å². The summed E-state index contributed by atoms with van der Waals surface area (Å²) in [6.45, 7) is 0.363. The summed E-state index contributed by atoms with van der Waals surface area (Å²) in [7, 11) is 1.37. The van der Waals surface area contributed by atoms with E-state index in [1.54, 1.807) is 0 Å². The lowest BCUT2D eigenvalue weighted by molar-refractivity contribution is -0.143. The lowest BCUT2D eigenvalue weighted by Gasteiger charge is -2.15. The normalized spacial score (nSPS) is 15.0. The zero-order chi connectivity index (χ0) is 30.8. The highest BCUT2D eigenvalue weighted by Crippen LogP contribution is 2.40. The number of hydrogen-bond donors (Lipinski definition) is 1. The molecule has 1 N–H and O–H groups in total. The molecular weight excluding hydrogens is 628 g/mol. The highest BCUT2D eigenvalue weighted by Gasteiger charge is 2.37. The summed E-state index contributed by atoms with van der Waals surface area (Å²) >= 11 is 7.39. The van der Waals surface area contributed by atoms with Crippen molar-refractivity contribution in [3.05, 3.63) is 74.3 Å². The SMILES string of the molecule is COc1cc(C(=O)O)ccc1OCCCN1C(=O)/C(=C/c2cc(-c3cc(C(F)(F)F)cc(C(F)(F)F)c3)cs2)SC1=S. The largest absolute Gasteiger partial charge is 0.493 e. The predicted octanol–water partition coefficient (Wildman–Crippen LogP) is 7.83. The van der Waals surface area contributed by atoms with Gasteiger partial charge < -0.3 is 14.6 Å². The summed E-state index contributed by atoms with van der Waals surface area (Å²) in [4.78, 5) is 26.1. The zero-order valence-corrected chi connectivity index (χ0v) is 23.8. The predicted molar refractivity (Wildman–Crippen MR) is 150 cm³/mol. The van der Waals surface area contributed by atoms with Crippen LogP contribution in [0.15, 0.2) is 52.7 Å². The van der Waals surface area contributed by atoms with Crippen LogP contribution in [0.3, 0.4) is 0 Å². The molecule has 1 fully saturated rings. The molecule has 2 aromatic carbocycles. The first-order chi connectivity index (χ1) is 19.7. The van der Waals surface area contributed by atoms with Crippen LogP contribution in [-0.2, 0) is 17.1 Å². The Morgan fingerprint density at radius 3 is 2.26 bits per heavy atom. The number of ether oxygens (including phenoxy) is 2. The van der Waals surface area contributed by atoms with E-state index in [0.29, 0.717) is 29.2 Å². The number of halogens is 6. The van der Waals surface area contributed by atoms with Crippen molar-refractivity contribution in [2.45, 2.75) is 18.8 Å². The molecule has 0 radical (unpaired) electrons. The van der Waals surface area contributed by atoms with Crippen molar-refractivity contribution in [1.29, 1.82) is 0 Å². The van der Waals surface area contributed by atoms with E-state index in [2.05, 4.69) is 0 Å². The van der Waals surface area contributed by atoms with Gasteiger partial charge in [0.15, 0.2) is 11.5 Å². The van der Waals surface area contributed by atoms with Crippen LogP contribution >= 0.6 is 35.3 Å². The van der Waals surface area contributed by atoms with Gasteiger partial charge >= 0.3 is 18.3 Å². The van der Waals surface area contributed by atoms with Crippen LogP contribution in [0.4, 0.5) is 26.3 Å².